The van der Waals surface area contributed by atoms with E-state index in [-0.39, 0.29) is 23.6 Å². The Morgan fingerprint density at radius 1 is 0.972 bits per heavy atom. The van der Waals surface area contributed by atoms with Crippen molar-refractivity contribution in [3.05, 3.63) is 99.4 Å². The summed E-state index contributed by atoms with van der Waals surface area (Å²) in [4.78, 5) is 45.6. The van der Waals surface area contributed by atoms with Gasteiger partial charge >= 0.3 is 0 Å². The first-order valence-electron chi connectivity index (χ1n) is 11.3. The molecule has 0 bridgehead atoms. The number of anilines is 1. The molecule has 1 aromatic heterocycles. The molecular weight excluding hydrogens is 474 g/mol. The first kappa shape index (κ1) is 23.4. The normalized spacial score (nSPS) is 12.6. The summed E-state index contributed by atoms with van der Waals surface area (Å²) in [5.74, 6) is -0.366. The van der Waals surface area contributed by atoms with E-state index in [1.807, 2.05) is 62.4 Å². The third-order valence-corrected chi connectivity index (χ3v) is 6.99. The molecular formula is C28H23N3O4S. The summed E-state index contributed by atoms with van der Waals surface area (Å²) in [6.45, 7) is 4.09. The predicted octanol–water partition coefficient (Wildman–Crippen LogP) is 5.48. The molecule has 3 amide bonds. The lowest BCUT2D eigenvalue weighted by Crippen LogP contribution is -2.29. The number of methoxy groups -OCH3 is 1. The van der Waals surface area contributed by atoms with Gasteiger partial charge < -0.3 is 4.74 Å². The molecule has 1 N–H and O–H groups in total. The molecule has 0 radical (unpaired) electrons. The fraction of sp³-hybridized carbons (Fsp3) is 0.143. The van der Waals surface area contributed by atoms with Crippen LogP contribution in [0, 0.1) is 13.8 Å². The molecule has 1 aliphatic rings. The zero-order valence-electron chi connectivity index (χ0n) is 20.0. The van der Waals surface area contributed by atoms with E-state index >= 15 is 0 Å². The van der Waals surface area contributed by atoms with Gasteiger partial charge in [0.15, 0.2) is 5.13 Å². The van der Waals surface area contributed by atoms with Crippen molar-refractivity contribution in [1.82, 2.24) is 9.88 Å². The number of imide groups is 1. The van der Waals surface area contributed by atoms with Gasteiger partial charge in [-0.2, -0.15) is 0 Å². The zero-order valence-corrected chi connectivity index (χ0v) is 20.8. The number of hydrogen-bond acceptors (Lipinski definition) is 6. The Morgan fingerprint density at radius 2 is 1.72 bits per heavy atom. The molecule has 1 aliphatic heterocycles. The van der Waals surface area contributed by atoms with Crippen molar-refractivity contribution in [3.63, 3.8) is 0 Å². The Bertz CT molecular complexity index is 1510. The number of aromatic nitrogens is 1. The monoisotopic (exact) mass is 497 g/mol. The van der Waals surface area contributed by atoms with Crippen LogP contribution in [0.15, 0.2) is 66.7 Å². The van der Waals surface area contributed by atoms with Crippen molar-refractivity contribution in [2.45, 2.75) is 20.4 Å². The van der Waals surface area contributed by atoms with E-state index in [9.17, 15) is 14.4 Å². The second-order valence-corrected chi connectivity index (χ2v) is 9.71. The summed E-state index contributed by atoms with van der Waals surface area (Å²) in [5, 5.41) is 3.28. The summed E-state index contributed by atoms with van der Waals surface area (Å²) in [6, 6.07) is 19.7. The van der Waals surface area contributed by atoms with Crippen LogP contribution in [-0.2, 0) is 6.54 Å². The molecule has 0 atom stereocenters. The maximum Gasteiger partial charge on any atom is 0.261 e. The highest BCUT2D eigenvalue weighted by molar-refractivity contribution is 7.16. The fourth-order valence-electron chi connectivity index (χ4n) is 4.25. The lowest BCUT2D eigenvalue weighted by Gasteiger charge is -2.13. The van der Waals surface area contributed by atoms with Gasteiger partial charge in [0.25, 0.3) is 17.7 Å². The van der Waals surface area contributed by atoms with Crippen LogP contribution in [0.5, 0.6) is 5.75 Å². The van der Waals surface area contributed by atoms with E-state index in [0.29, 0.717) is 10.7 Å². The molecule has 2 heterocycles. The molecule has 7 nitrogen and oxygen atoms in total. The number of aryl methyl sites for hydroxylation is 2. The minimum absolute atomic E-state index is 0.181. The van der Waals surface area contributed by atoms with Crippen molar-refractivity contribution in [2.75, 3.05) is 12.4 Å². The van der Waals surface area contributed by atoms with E-state index < -0.39 is 11.8 Å². The Hall–Kier alpha value is -4.30. The molecule has 0 fully saturated rings. The number of nitrogens with one attached hydrogen (secondary N) is 1. The average Bonchev–Trinajstić information content (AvgIpc) is 3.36. The Labute approximate surface area is 212 Å². The lowest BCUT2D eigenvalue weighted by molar-refractivity contribution is 0.0642. The van der Waals surface area contributed by atoms with E-state index in [0.717, 1.165) is 33.0 Å². The van der Waals surface area contributed by atoms with Gasteiger partial charge in [0, 0.05) is 16.0 Å². The standard InChI is InChI=1S/C28H23N3O4S/c1-16-13-19(10-12-23(16)35-3)24-17(2)36-28(29-24)30-25(32)20-9-11-21-22(14-20)27(34)31(26(21)33)15-18-7-5-4-6-8-18/h4-14H,15H2,1-3H3,(H,29,30,32). The number of thiazole rings is 1. The van der Waals surface area contributed by atoms with E-state index in [2.05, 4.69) is 10.3 Å². The number of carbonyl (C=O) groups excluding carboxylic acids is 3. The highest BCUT2D eigenvalue weighted by Crippen LogP contribution is 2.33. The van der Waals surface area contributed by atoms with Crippen molar-refractivity contribution < 1.29 is 19.1 Å². The highest BCUT2D eigenvalue weighted by atomic mass is 32.1. The lowest BCUT2D eigenvalue weighted by atomic mass is 10.1. The van der Waals surface area contributed by atoms with Gasteiger partial charge in [-0.05, 0) is 61.4 Å². The molecule has 4 aromatic rings. The van der Waals surface area contributed by atoms with Gasteiger partial charge in [-0.15, -0.1) is 11.3 Å². The third kappa shape index (κ3) is 4.27. The molecule has 0 saturated heterocycles. The van der Waals surface area contributed by atoms with Gasteiger partial charge in [0.1, 0.15) is 5.75 Å². The van der Waals surface area contributed by atoms with Gasteiger partial charge in [-0.25, -0.2) is 4.98 Å². The van der Waals surface area contributed by atoms with Crippen LogP contribution in [0.2, 0.25) is 0 Å². The number of benzene rings is 3. The van der Waals surface area contributed by atoms with Crippen molar-refractivity contribution in [1.29, 1.82) is 0 Å². The van der Waals surface area contributed by atoms with Crippen LogP contribution < -0.4 is 10.1 Å². The number of hydrogen-bond donors (Lipinski definition) is 1. The van der Waals surface area contributed by atoms with Crippen molar-refractivity contribution in [3.8, 4) is 17.0 Å². The van der Waals surface area contributed by atoms with E-state index in [1.165, 1.54) is 28.4 Å². The molecule has 5 rings (SSSR count). The maximum absolute atomic E-state index is 13.0. The quantitative estimate of drug-likeness (QED) is 0.356. The first-order chi connectivity index (χ1) is 17.4. The van der Waals surface area contributed by atoms with Crippen molar-refractivity contribution in [2.24, 2.45) is 0 Å². The largest absolute Gasteiger partial charge is 0.496 e. The van der Waals surface area contributed by atoms with Crippen LogP contribution >= 0.6 is 11.3 Å². The Kier molecular flexibility index (Phi) is 6.12. The summed E-state index contributed by atoms with van der Waals surface area (Å²) < 4.78 is 5.33. The summed E-state index contributed by atoms with van der Waals surface area (Å²) in [6.07, 6.45) is 0. The van der Waals surface area contributed by atoms with Gasteiger partial charge in [-0.1, -0.05) is 30.3 Å². The van der Waals surface area contributed by atoms with Crippen LogP contribution in [0.25, 0.3) is 11.3 Å². The number of nitrogens with zero attached hydrogens (tertiary/aromatic N) is 2. The zero-order chi connectivity index (χ0) is 25.4. The smallest absolute Gasteiger partial charge is 0.261 e. The van der Waals surface area contributed by atoms with Crippen LogP contribution in [0.1, 0.15) is 47.1 Å². The summed E-state index contributed by atoms with van der Waals surface area (Å²) in [7, 11) is 1.63. The number of ether oxygens (including phenoxy) is 1. The van der Waals surface area contributed by atoms with E-state index in [4.69, 9.17) is 4.74 Å². The van der Waals surface area contributed by atoms with E-state index in [1.54, 1.807) is 13.2 Å². The average molecular weight is 498 g/mol. The number of rotatable bonds is 6. The second-order valence-electron chi connectivity index (χ2n) is 8.50. The minimum atomic E-state index is -0.407. The first-order valence-corrected chi connectivity index (χ1v) is 12.2. The molecule has 180 valence electrons. The number of fused-ring (bicyclic) bond motifs is 1. The predicted molar refractivity (Wildman–Crippen MR) is 139 cm³/mol. The van der Waals surface area contributed by atoms with Crippen LogP contribution in [0.4, 0.5) is 5.13 Å². The topological polar surface area (TPSA) is 88.6 Å². The van der Waals surface area contributed by atoms with Gasteiger partial charge in [0.05, 0.1) is 30.5 Å². The van der Waals surface area contributed by atoms with Gasteiger partial charge in [-0.3, -0.25) is 24.6 Å². The molecule has 0 aliphatic carbocycles. The molecule has 0 unspecified atom stereocenters. The maximum atomic E-state index is 13.0. The number of amides is 3. The van der Waals surface area contributed by atoms with Crippen LogP contribution in [0.3, 0.4) is 0 Å². The van der Waals surface area contributed by atoms with Crippen molar-refractivity contribution >= 4 is 34.2 Å². The summed E-state index contributed by atoms with van der Waals surface area (Å²) >= 11 is 1.37. The third-order valence-electron chi connectivity index (χ3n) is 6.10. The summed E-state index contributed by atoms with van der Waals surface area (Å²) in [5.41, 5.74) is 4.38. The fourth-order valence-corrected chi connectivity index (χ4v) is 5.09. The molecule has 36 heavy (non-hydrogen) atoms. The Morgan fingerprint density at radius 3 is 2.44 bits per heavy atom. The molecule has 8 heteroatoms. The molecule has 3 aromatic carbocycles. The number of carbonyl (C=O) groups is 3. The Balaban J connectivity index is 1.35. The SMILES string of the molecule is COc1ccc(-c2nc(NC(=O)c3ccc4c(c3)C(=O)N(Cc3ccccc3)C4=O)sc2C)cc1C. The molecule has 0 spiro atoms. The second kappa shape index (κ2) is 9.39. The minimum Gasteiger partial charge on any atom is -0.496 e. The van der Waals surface area contributed by atoms with Crippen LogP contribution in [-0.4, -0.2) is 34.7 Å². The highest BCUT2D eigenvalue weighted by Gasteiger charge is 2.36. The molecule has 0 saturated carbocycles. The van der Waals surface area contributed by atoms with Gasteiger partial charge in [0.2, 0.25) is 0 Å².